The van der Waals surface area contributed by atoms with E-state index in [-0.39, 0.29) is 29.6 Å². The summed E-state index contributed by atoms with van der Waals surface area (Å²) in [7, 11) is 1.67. The van der Waals surface area contributed by atoms with Crippen molar-refractivity contribution in [1.82, 2.24) is 10.6 Å². The molecule has 126 valence electrons. The van der Waals surface area contributed by atoms with E-state index in [1.165, 1.54) is 0 Å². The maximum absolute atomic E-state index is 5.74. The molecule has 1 atom stereocenters. The van der Waals surface area contributed by atoms with Gasteiger partial charge in [0.15, 0.2) is 5.96 Å². The summed E-state index contributed by atoms with van der Waals surface area (Å²) in [5, 5.41) is 6.49. The third-order valence-corrected chi connectivity index (χ3v) is 3.19. The van der Waals surface area contributed by atoms with Gasteiger partial charge in [-0.3, -0.25) is 4.99 Å². The molecule has 1 aliphatic rings. The zero-order chi connectivity index (χ0) is 14.7. The molecule has 0 aromatic carbocycles. The number of halogens is 1. The Bertz CT molecular complexity index is 285. The fraction of sp³-hybridized carbons (Fsp3) is 0.929. The average molecular weight is 415 g/mol. The Morgan fingerprint density at radius 2 is 2.10 bits per heavy atom. The summed E-state index contributed by atoms with van der Waals surface area (Å²) < 4.78 is 16.1. The van der Waals surface area contributed by atoms with Gasteiger partial charge in [-0.05, 0) is 26.7 Å². The lowest BCUT2D eigenvalue weighted by Gasteiger charge is -2.21. The molecule has 2 N–H and O–H groups in total. The highest BCUT2D eigenvalue weighted by atomic mass is 127. The van der Waals surface area contributed by atoms with Crippen LogP contribution < -0.4 is 10.6 Å². The monoisotopic (exact) mass is 415 g/mol. The molecule has 0 aliphatic carbocycles. The number of hydrogen-bond donors (Lipinski definition) is 2. The van der Waals surface area contributed by atoms with Gasteiger partial charge < -0.3 is 24.8 Å². The van der Waals surface area contributed by atoms with Gasteiger partial charge in [0.05, 0.1) is 32.0 Å². The van der Waals surface area contributed by atoms with Crippen LogP contribution in [0.3, 0.4) is 0 Å². The number of nitrogens with zero attached hydrogens (tertiary/aromatic N) is 1. The SMILES string of the molecule is CCNC(=NCC1(C)CCCO1)NCCOCCOC.I. The first-order valence-electron chi connectivity index (χ1n) is 7.43. The average Bonchev–Trinajstić information content (AvgIpc) is 2.87. The normalized spacial score (nSPS) is 22.0. The van der Waals surface area contributed by atoms with Crippen LogP contribution in [0.1, 0.15) is 26.7 Å². The number of nitrogens with one attached hydrogen (secondary N) is 2. The molecule has 0 radical (unpaired) electrons. The Balaban J connectivity index is 0.00000400. The Hall–Kier alpha value is -0.120. The number of guanidine groups is 1. The van der Waals surface area contributed by atoms with E-state index in [9.17, 15) is 0 Å². The Labute approximate surface area is 145 Å². The minimum Gasteiger partial charge on any atom is -0.382 e. The van der Waals surface area contributed by atoms with Crippen LogP contribution in [0.4, 0.5) is 0 Å². The highest BCUT2D eigenvalue weighted by molar-refractivity contribution is 14.0. The van der Waals surface area contributed by atoms with Crippen molar-refractivity contribution in [2.75, 3.05) is 53.2 Å². The summed E-state index contributed by atoms with van der Waals surface area (Å²) in [4.78, 5) is 4.59. The molecule has 0 saturated carbocycles. The van der Waals surface area contributed by atoms with Gasteiger partial charge in [-0.25, -0.2) is 0 Å². The third-order valence-electron chi connectivity index (χ3n) is 3.19. The summed E-state index contributed by atoms with van der Waals surface area (Å²) in [5.74, 6) is 0.819. The van der Waals surface area contributed by atoms with E-state index >= 15 is 0 Å². The van der Waals surface area contributed by atoms with Crippen molar-refractivity contribution in [1.29, 1.82) is 0 Å². The second-order valence-corrected chi connectivity index (χ2v) is 5.13. The first-order valence-corrected chi connectivity index (χ1v) is 7.43. The first kappa shape index (κ1) is 20.9. The summed E-state index contributed by atoms with van der Waals surface area (Å²) in [5.41, 5.74) is -0.0999. The summed E-state index contributed by atoms with van der Waals surface area (Å²) in [6, 6.07) is 0. The van der Waals surface area contributed by atoms with Crippen molar-refractivity contribution in [3.8, 4) is 0 Å². The predicted octanol–water partition coefficient (Wildman–Crippen LogP) is 1.39. The van der Waals surface area contributed by atoms with E-state index < -0.39 is 0 Å². The van der Waals surface area contributed by atoms with Crippen molar-refractivity contribution >= 4 is 29.9 Å². The molecule has 0 aromatic rings. The largest absolute Gasteiger partial charge is 0.382 e. The van der Waals surface area contributed by atoms with E-state index in [2.05, 4.69) is 29.5 Å². The molecule has 1 heterocycles. The molecule has 6 nitrogen and oxygen atoms in total. The molecule has 1 unspecified atom stereocenters. The van der Waals surface area contributed by atoms with Gasteiger partial charge in [-0.15, -0.1) is 24.0 Å². The lowest BCUT2D eigenvalue weighted by atomic mass is 10.0. The van der Waals surface area contributed by atoms with Gasteiger partial charge in [-0.2, -0.15) is 0 Å². The lowest BCUT2D eigenvalue weighted by molar-refractivity contribution is 0.0283. The number of ether oxygens (including phenoxy) is 3. The highest BCUT2D eigenvalue weighted by Crippen LogP contribution is 2.24. The molecule has 7 heteroatoms. The quantitative estimate of drug-likeness (QED) is 0.258. The zero-order valence-electron chi connectivity index (χ0n) is 13.4. The van der Waals surface area contributed by atoms with Crippen molar-refractivity contribution in [2.45, 2.75) is 32.3 Å². The van der Waals surface area contributed by atoms with Crippen LogP contribution in [0.2, 0.25) is 0 Å². The van der Waals surface area contributed by atoms with E-state index in [0.717, 1.165) is 38.5 Å². The lowest BCUT2D eigenvalue weighted by Crippen LogP contribution is -2.40. The van der Waals surface area contributed by atoms with Gasteiger partial charge in [0, 0.05) is 26.8 Å². The second-order valence-electron chi connectivity index (χ2n) is 5.13. The van der Waals surface area contributed by atoms with Gasteiger partial charge >= 0.3 is 0 Å². The van der Waals surface area contributed by atoms with Crippen LogP contribution in [0.15, 0.2) is 4.99 Å². The molecule has 21 heavy (non-hydrogen) atoms. The van der Waals surface area contributed by atoms with Crippen LogP contribution in [0.25, 0.3) is 0 Å². The van der Waals surface area contributed by atoms with E-state index in [1.807, 2.05) is 0 Å². The highest BCUT2D eigenvalue weighted by Gasteiger charge is 2.29. The maximum atomic E-state index is 5.74. The number of hydrogen-bond acceptors (Lipinski definition) is 4. The Kier molecular flexibility index (Phi) is 12.4. The zero-order valence-corrected chi connectivity index (χ0v) is 15.8. The standard InChI is InChI=1S/C14H29N3O3.HI/c1-4-15-13(16-7-9-19-11-10-18-3)17-12-14(2)6-5-8-20-14;/h4-12H2,1-3H3,(H2,15,16,17);1H. The van der Waals surface area contributed by atoms with Crippen LogP contribution in [0.5, 0.6) is 0 Å². The topological polar surface area (TPSA) is 64.1 Å². The number of methoxy groups -OCH3 is 1. The van der Waals surface area contributed by atoms with Crippen LogP contribution >= 0.6 is 24.0 Å². The molecule has 1 fully saturated rings. The van der Waals surface area contributed by atoms with Crippen LogP contribution in [-0.2, 0) is 14.2 Å². The van der Waals surface area contributed by atoms with Crippen LogP contribution in [0, 0.1) is 0 Å². The minimum absolute atomic E-state index is 0. The van der Waals surface area contributed by atoms with Crippen molar-refractivity contribution in [3.05, 3.63) is 0 Å². The fourth-order valence-corrected chi connectivity index (χ4v) is 2.04. The minimum atomic E-state index is -0.0999. The Morgan fingerprint density at radius 3 is 2.71 bits per heavy atom. The smallest absolute Gasteiger partial charge is 0.191 e. The van der Waals surface area contributed by atoms with Gasteiger partial charge in [0.2, 0.25) is 0 Å². The molecule has 0 spiro atoms. The summed E-state index contributed by atoms with van der Waals surface area (Å²) >= 11 is 0. The Morgan fingerprint density at radius 1 is 1.29 bits per heavy atom. The van der Waals surface area contributed by atoms with E-state index in [4.69, 9.17) is 14.2 Å². The number of aliphatic imine (C=N–C) groups is 1. The second kappa shape index (κ2) is 12.4. The fourth-order valence-electron chi connectivity index (χ4n) is 2.04. The molecular weight excluding hydrogens is 385 g/mol. The molecule has 1 rings (SSSR count). The van der Waals surface area contributed by atoms with Crippen molar-refractivity contribution in [3.63, 3.8) is 0 Å². The van der Waals surface area contributed by atoms with E-state index in [1.54, 1.807) is 7.11 Å². The molecular formula is C14H30IN3O3. The summed E-state index contributed by atoms with van der Waals surface area (Å²) in [6.07, 6.45) is 2.21. The molecule has 0 amide bonds. The van der Waals surface area contributed by atoms with Gasteiger partial charge in [-0.1, -0.05) is 0 Å². The molecule has 1 aliphatic heterocycles. The molecule has 0 bridgehead atoms. The number of rotatable bonds is 9. The van der Waals surface area contributed by atoms with E-state index in [0.29, 0.717) is 26.4 Å². The first-order chi connectivity index (χ1) is 9.70. The predicted molar refractivity (Wildman–Crippen MR) is 95.7 cm³/mol. The molecule has 1 saturated heterocycles. The van der Waals surface area contributed by atoms with Crippen molar-refractivity contribution < 1.29 is 14.2 Å². The maximum Gasteiger partial charge on any atom is 0.191 e. The van der Waals surface area contributed by atoms with Crippen LogP contribution in [-0.4, -0.2) is 64.7 Å². The summed E-state index contributed by atoms with van der Waals surface area (Å²) in [6.45, 7) is 9.18. The van der Waals surface area contributed by atoms with Gasteiger partial charge in [0.1, 0.15) is 0 Å². The van der Waals surface area contributed by atoms with Crippen molar-refractivity contribution in [2.24, 2.45) is 4.99 Å². The molecule has 0 aromatic heterocycles. The third kappa shape index (κ3) is 9.49. The van der Waals surface area contributed by atoms with Gasteiger partial charge in [0.25, 0.3) is 0 Å².